The van der Waals surface area contributed by atoms with Crippen molar-refractivity contribution in [3.63, 3.8) is 0 Å². The van der Waals surface area contributed by atoms with E-state index in [2.05, 4.69) is 16.9 Å². The fraction of sp³-hybridized carbons (Fsp3) is 0.250. The first-order chi connectivity index (χ1) is 15.5. The molecule has 8 nitrogen and oxygen atoms in total. The number of imidazole rings is 1. The predicted octanol–water partition coefficient (Wildman–Crippen LogP) is 3.51. The average Bonchev–Trinajstić information content (AvgIpc) is 3.41. The standard InChI is InChI=1S/C24H22N4O4/c1-2-15-7-9-17(10-8-15)28-13-16(11-22(28)30)24(31)32-14-21(29)18(12-25)23-26-19-5-3-4-6-20(19)27-23/h3-10,16,29H,2,11,13-14H2,1H3,(H,26,27). The SMILES string of the molecule is CCc1ccc(N2CC(C(=O)OCC(O)=C(C#N)c3nc4ccccc4[nH]3)CC2=O)cc1. The molecule has 1 saturated heterocycles. The second-order valence-corrected chi connectivity index (χ2v) is 7.57. The Morgan fingerprint density at radius 3 is 2.72 bits per heavy atom. The average molecular weight is 430 g/mol. The molecule has 0 radical (unpaired) electrons. The number of esters is 1. The van der Waals surface area contributed by atoms with E-state index in [1.54, 1.807) is 17.0 Å². The maximum atomic E-state index is 12.5. The second kappa shape index (κ2) is 8.94. The fourth-order valence-electron chi connectivity index (χ4n) is 3.68. The fourth-order valence-corrected chi connectivity index (χ4v) is 3.68. The lowest BCUT2D eigenvalue weighted by Crippen LogP contribution is -2.26. The van der Waals surface area contributed by atoms with Crippen LogP contribution in [0.4, 0.5) is 5.69 Å². The van der Waals surface area contributed by atoms with E-state index in [0.29, 0.717) is 5.52 Å². The van der Waals surface area contributed by atoms with E-state index in [-0.39, 0.29) is 30.3 Å². The zero-order chi connectivity index (χ0) is 22.7. The number of carbonyl (C=O) groups is 2. The van der Waals surface area contributed by atoms with Crippen LogP contribution in [-0.4, -0.2) is 40.1 Å². The largest absolute Gasteiger partial charge is 0.507 e. The first-order valence-corrected chi connectivity index (χ1v) is 10.3. The molecule has 4 rings (SSSR count). The summed E-state index contributed by atoms with van der Waals surface area (Å²) in [5.74, 6) is -1.61. The smallest absolute Gasteiger partial charge is 0.311 e. The number of amides is 1. The Morgan fingerprint density at radius 2 is 2.03 bits per heavy atom. The number of aliphatic hydroxyl groups is 1. The van der Waals surface area contributed by atoms with Gasteiger partial charge in [-0.1, -0.05) is 31.2 Å². The Labute approximate surface area is 184 Å². The second-order valence-electron chi connectivity index (χ2n) is 7.57. The topological polar surface area (TPSA) is 119 Å². The van der Waals surface area contributed by atoms with E-state index in [1.807, 2.05) is 42.5 Å². The van der Waals surface area contributed by atoms with Crippen LogP contribution in [0.3, 0.4) is 0 Å². The minimum absolute atomic E-state index is 0.0352. The Balaban J connectivity index is 1.42. The molecule has 1 aromatic heterocycles. The Morgan fingerprint density at radius 1 is 1.28 bits per heavy atom. The zero-order valence-electron chi connectivity index (χ0n) is 17.5. The molecular formula is C24H22N4O4. The van der Waals surface area contributed by atoms with Crippen molar-refractivity contribution in [2.45, 2.75) is 19.8 Å². The molecule has 162 valence electrons. The molecule has 3 aromatic rings. The molecule has 0 spiro atoms. The number of rotatable bonds is 6. The number of nitriles is 1. The van der Waals surface area contributed by atoms with Crippen molar-refractivity contribution in [3.05, 3.63) is 65.7 Å². The Bertz CT molecular complexity index is 1200. The third-order valence-electron chi connectivity index (χ3n) is 5.49. The maximum Gasteiger partial charge on any atom is 0.311 e. The molecule has 1 aliphatic heterocycles. The van der Waals surface area contributed by atoms with Crippen molar-refractivity contribution in [1.82, 2.24) is 9.97 Å². The summed E-state index contributed by atoms with van der Waals surface area (Å²) in [5.41, 5.74) is 3.17. The summed E-state index contributed by atoms with van der Waals surface area (Å²) in [6.45, 7) is 1.79. The van der Waals surface area contributed by atoms with Crippen LogP contribution in [0.2, 0.25) is 0 Å². The van der Waals surface area contributed by atoms with E-state index in [9.17, 15) is 20.0 Å². The monoisotopic (exact) mass is 430 g/mol. The van der Waals surface area contributed by atoms with Crippen LogP contribution >= 0.6 is 0 Å². The van der Waals surface area contributed by atoms with Gasteiger partial charge in [-0.3, -0.25) is 9.59 Å². The summed E-state index contributed by atoms with van der Waals surface area (Å²) in [5, 5.41) is 19.8. The highest BCUT2D eigenvalue weighted by atomic mass is 16.5. The lowest BCUT2D eigenvalue weighted by Gasteiger charge is -2.17. The van der Waals surface area contributed by atoms with E-state index >= 15 is 0 Å². The summed E-state index contributed by atoms with van der Waals surface area (Å²) in [6, 6.07) is 16.8. The van der Waals surface area contributed by atoms with Gasteiger partial charge in [0.05, 0.1) is 17.0 Å². The number of nitrogens with one attached hydrogen (secondary N) is 1. The van der Waals surface area contributed by atoms with Crippen LogP contribution in [0.25, 0.3) is 16.6 Å². The van der Waals surface area contributed by atoms with Gasteiger partial charge in [0.2, 0.25) is 5.91 Å². The van der Waals surface area contributed by atoms with E-state index < -0.39 is 24.3 Å². The molecule has 1 aliphatic rings. The lowest BCUT2D eigenvalue weighted by atomic mass is 10.1. The minimum Gasteiger partial charge on any atom is -0.507 e. The summed E-state index contributed by atoms with van der Waals surface area (Å²) >= 11 is 0. The summed E-state index contributed by atoms with van der Waals surface area (Å²) in [6.07, 6.45) is 0.937. The minimum atomic E-state index is -0.641. The third-order valence-corrected chi connectivity index (χ3v) is 5.49. The van der Waals surface area contributed by atoms with E-state index in [4.69, 9.17) is 4.74 Å². The molecule has 0 bridgehead atoms. The molecule has 2 aromatic carbocycles. The van der Waals surface area contributed by atoms with Crippen molar-refractivity contribution in [2.24, 2.45) is 5.92 Å². The molecule has 1 atom stereocenters. The molecule has 1 unspecified atom stereocenters. The number of nitrogens with zero attached hydrogens (tertiary/aromatic N) is 3. The molecular weight excluding hydrogens is 408 g/mol. The van der Waals surface area contributed by atoms with Crippen LogP contribution in [0, 0.1) is 17.2 Å². The Kier molecular flexibility index (Phi) is 5.90. The van der Waals surface area contributed by atoms with Gasteiger partial charge in [0.15, 0.2) is 11.6 Å². The molecule has 8 heteroatoms. The zero-order valence-corrected chi connectivity index (χ0v) is 17.5. The van der Waals surface area contributed by atoms with Gasteiger partial charge in [-0.2, -0.15) is 5.26 Å². The number of para-hydroxylation sites is 2. The highest BCUT2D eigenvalue weighted by molar-refractivity contribution is 5.99. The van der Waals surface area contributed by atoms with Crippen LogP contribution in [0.15, 0.2) is 54.3 Å². The van der Waals surface area contributed by atoms with Crippen LogP contribution in [0.1, 0.15) is 24.7 Å². The molecule has 1 amide bonds. The van der Waals surface area contributed by atoms with Crippen molar-refractivity contribution in [2.75, 3.05) is 18.1 Å². The number of aromatic amines is 1. The molecule has 0 saturated carbocycles. The predicted molar refractivity (Wildman–Crippen MR) is 118 cm³/mol. The van der Waals surface area contributed by atoms with Crippen molar-refractivity contribution >= 4 is 34.2 Å². The number of fused-ring (bicyclic) bond motifs is 1. The van der Waals surface area contributed by atoms with Gasteiger partial charge in [-0.25, -0.2) is 4.98 Å². The number of hydrogen-bond donors (Lipinski definition) is 2. The summed E-state index contributed by atoms with van der Waals surface area (Å²) in [4.78, 5) is 33.7. The van der Waals surface area contributed by atoms with E-state index in [1.165, 1.54) is 0 Å². The Hall–Kier alpha value is -4.12. The highest BCUT2D eigenvalue weighted by Crippen LogP contribution is 2.27. The number of aliphatic hydroxyl groups excluding tert-OH is 1. The summed E-state index contributed by atoms with van der Waals surface area (Å²) < 4.78 is 5.22. The quantitative estimate of drug-likeness (QED) is 0.351. The molecule has 2 N–H and O–H groups in total. The molecule has 32 heavy (non-hydrogen) atoms. The first kappa shape index (κ1) is 21.1. The van der Waals surface area contributed by atoms with Gasteiger partial charge >= 0.3 is 5.97 Å². The number of aryl methyl sites for hydroxylation is 1. The molecule has 2 heterocycles. The number of hydrogen-bond acceptors (Lipinski definition) is 6. The number of ether oxygens (including phenoxy) is 1. The van der Waals surface area contributed by atoms with Gasteiger partial charge in [-0.05, 0) is 36.2 Å². The van der Waals surface area contributed by atoms with Crippen molar-refractivity contribution in [1.29, 1.82) is 5.26 Å². The van der Waals surface area contributed by atoms with Gasteiger partial charge < -0.3 is 19.7 Å². The lowest BCUT2D eigenvalue weighted by molar-refractivity contribution is -0.148. The van der Waals surface area contributed by atoms with E-state index in [0.717, 1.165) is 23.2 Å². The summed E-state index contributed by atoms with van der Waals surface area (Å²) in [7, 11) is 0. The van der Waals surface area contributed by atoms with Gasteiger partial charge in [-0.15, -0.1) is 0 Å². The van der Waals surface area contributed by atoms with Gasteiger partial charge in [0.25, 0.3) is 0 Å². The van der Waals surface area contributed by atoms with Crippen LogP contribution in [0.5, 0.6) is 0 Å². The number of H-pyrrole nitrogens is 1. The van der Waals surface area contributed by atoms with Crippen LogP contribution in [-0.2, 0) is 20.7 Å². The number of aromatic nitrogens is 2. The number of carbonyl (C=O) groups excluding carboxylic acids is 2. The van der Waals surface area contributed by atoms with Gasteiger partial charge in [0, 0.05) is 18.7 Å². The molecule has 0 aliphatic carbocycles. The number of benzene rings is 2. The normalized spacial score (nSPS) is 16.7. The first-order valence-electron chi connectivity index (χ1n) is 10.3. The highest BCUT2D eigenvalue weighted by Gasteiger charge is 2.36. The number of anilines is 1. The van der Waals surface area contributed by atoms with Gasteiger partial charge in [0.1, 0.15) is 18.2 Å². The number of allylic oxidation sites excluding steroid dienone is 1. The maximum absolute atomic E-state index is 12.5. The molecule has 1 fully saturated rings. The third kappa shape index (κ3) is 4.18. The van der Waals surface area contributed by atoms with Crippen LogP contribution < -0.4 is 4.90 Å². The van der Waals surface area contributed by atoms with Crippen molar-refractivity contribution in [3.8, 4) is 6.07 Å². The van der Waals surface area contributed by atoms with Crippen molar-refractivity contribution < 1.29 is 19.4 Å².